The van der Waals surface area contributed by atoms with Gasteiger partial charge in [-0.2, -0.15) is 0 Å². The second kappa shape index (κ2) is 4.56. The van der Waals surface area contributed by atoms with E-state index in [1.54, 1.807) is 0 Å². The second-order valence-electron chi connectivity index (χ2n) is 4.19. The van der Waals surface area contributed by atoms with Gasteiger partial charge in [-0.25, -0.2) is 0 Å². The molecule has 0 amide bonds. The zero-order chi connectivity index (χ0) is 9.80. The third-order valence-corrected chi connectivity index (χ3v) is 3.17. The quantitative estimate of drug-likeness (QED) is 0.788. The van der Waals surface area contributed by atoms with E-state index in [2.05, 4.69) is 29.5 Å². The molecule has 2 rings (SSSR count). The summed E-state index contributed by atoms with van der Waals surface area (Å²) in [5.74, 6) is 0.836. The van der Waals surface area contributed by atoms with Crippen LogP contribution in [0.4, 0.5) is 0 Å². The molecule has 1 aromatic rings. The molecule has 76 valence electrons. The Balaban J connectivity index is 1.88. The molecule has 1 N–H and O–H groups in total. The van der Waals surface area contributed by atoms with Gasteiger partial charge in [-0.15, -0.1) is 0 Å². The van der Waals surface area contributed by atoms with Gasteiger partial charge in [0, 0.05) is 17.9 Å². The van der Waals surface area contributed by atoms with Gasteiger partial charge in [0.05, 0.1) is 0 Å². The highest BCUT2D eigenvalue weighted by Gasteiger charge is 2.23. The van der Waals surface area contributed by atoms with E-state index in [0.717, 1.165) is 18.4 Å². The smallest absolute Gasteiger partial charge is 0.0406 e. The maximum atomic E-state index is 4.37. The number of nitrogens with zero attached hydrogens (tertiary/aromatic N) is 1. The van der Waals surface area contributed by atoms with Crippen molar-refractivity contribution >= 4 is 0 Å². The summed E-state index contributed by atoms with van der Waals surface area (Å²) in [6.45, 7) is 0. The van der Waals surface area contributed by atoms with Crippen LogP contribution in [-0.2, 0) is 6.42 Å². The maximum Gasteiger partial charge on any atom is 0.0406 e. The molecule has 0 aliphatic heterocycles. The summed E-state index contributed by atoms with van der Waals surface area (Å²) < 4.78 is 0. The van der Waals surface area contributed by atoms with Crippen LogP contribution in [0.2, 0.25) is 0 Å². The Labute approximate surface area is 85.7 Å². The van der Waals surface area contributed by atoms with Crippen molar-refractivity contribution in [2.24, 2.45) is 5.92 Å². The molecule has 2 atom stereocenters. The fourth-order valence-electron chi connectivity index (χ4n) is 2.34. The van der Waals surface area contributed by atoms with Gasteiger partial charge in [-0.05, 0) is 50.8 Å². The first-order valence-electron chi connectivity index (χ1n) is 5.45. The highest BCUT2D eigenvalue weighted by atomic mass is 14.9. The molecule has 2 heteroatoms. The third-order valence-electron chi connectivity index (χ3n) is 3.17. The zero-order valence-electron chi connectivity index (χ0n) is 8.74. The lowest BCUT2D eigenvalue weighted by Gasteiger charge is -2.09. The second-order valence-corrected chi connectivity index (χ2v) is 4.19. The van der Waals surface area contributed by atoms with Crippen LogP contribution in [0, 0.1) is 5.92 Å². The predicted octanol–water partition coefficient (Wildman–Crippen LogP) is 2.01. The Hall–Kier alpha value is -0.890. The van der Waals surface area contributed by atoms with E-state index >= 15 is 0 Å². The van der Waals surface area contributed by atoms with E-state index in [1.165, 1.54) is 25.0 Å². The molecule has 2 nitrogen and oxygen atoms in total. The zero-order valence-corrected chi connectivity index (χ0v) is 8.74. The molecular formula is C12H18N2. The summed E-state index contributed by atoms with van der Waals surface area (Å²) in [6, 6.07) is 6.93. The fourth-order valence-corrected chi connectivity index (χ4v) is 2.34. The van der Waals surface area contributed by atoms with Gasteiger partial charge in [-0.3, -0.25) is 4.98 Å². The molecule has 0 spiro atoms. The van der Waals surface area contributed by atoms with Crippen molar-refractivity contribution in [2.45, 2.75) is 31.7 Å². The summed E-state index contributed by atoms with van der Waals surface area (Å²) in [4.78, 5) is 4.37. The maximum absolute atomic E-state index is 4.37. The SMILES string of the molecule is CNC1CCC(Cc2ccccn2)C1. The first-order valence-corrected chi connectivity index (χ1v) is 5.45. The summed E-state index contributed by atoms with van der Waals surface area (Å²) in [5.41, 5.74) is 1.24. The van der Waals surface area contributed by atoms with Crippen molar-refractivity contribution < 1.29 is 0 Å². The summed E-state index contributed by atoms with van der Waals surface area (Å²) >= 11 is 0. The highest BCUT2D eigenvalue weighted by Crippen LogP contribution is 2.27. The van der Waals surface area contributed by atoms with Crippen LogP contribution >= 0.6 is 0 Å². The molecule has 0 saturated heterocycles. The first kappa shape index (κ1) is 9.66. The Kier molecular flexibility index (Phi) is 3.14. The van der Waals surface area contributed by atoms with E-state index in [9.17, 15) is 0 Å². The first-order chi connectivity index (χ1) is 6.88. The molecule has 1 aliphatic rings. The van der Waals surface area contributed by atoms with Crippen LogP contribution in [0.3, 0.4) is 0 Å². The van der Waals surface area contributed by atoms with E-state index in [0.29, 0.717) is 0 Å². The summed E-state index contributed by atoms with van der Waals surface area (Å²) in [7, 11) is 2.06. The van der Waals surface area contributed by atoms with Crippen molar-refractivity contribution in [2.75, 3.05) is 7.05 Å². The Morgan fingerprint density at radius 3 is 3.00 bits per heavy atom. The van der Waals surface area contributed by atoms with Crippen molar-refractivity contribution in [3.63, 3.8) is 0 Å². The average molecular weight is 190 g/mol. The molecule has 2 unspecified atom stereocenters. The molecule has 1 saturated carbocycles. The summed E-state index contributed by atoms with van der Waals surface area (Å²) in [5, 5.41) is 3.36. The molecule has 1 aromatic heterocycles. The molecule has 1 heterocycles. The van der Waals surface area contributed by atoms with Gasteiger partial charge in [0.25, 0.3) is 0 Å². The molecular weight excluding hydrogens is 172 g/mol. The van der Waals surface area contributed by atoms with Crippen LogP contribution in [0.1, 0.15) is 25.0 Å². The van der Waals surface area contributed by atoms with Gasteiger partial charge in [-0.1, -0.05) is 6.07 Å². The molecule has 0 aromatic carbocycles. The van der Waals surface area contributed by atoms with Crippen molar-refractivity contribution in [1.29, 1.82) is 0 Å². The largest absolute Gasteiger partial charge is 0.317 e. The van der Waals surface area contributed by atoms with Gasteiger partial charge < -0.3 is 5.32 Å². The van der Waals surface area contributed by atoms with Crippen molar-refractivity contribution in [3.8, 4) is 0 Å². The number of nitrogens with one attached hydrogen (secondary N) is 1. The topological polar surface area (TPSA) is 24.9 Å². The summed E-state index contributed by atoms with van der Waals surface area (Å²) in [6.07, 6.45) is 7.03. The molecule has 1 fully saturated rings. The number of hydrogen-bond donors (Lipinski definition) is 1. The predicted molar refractivity (Wildman–Crippen MR) is 58.1 cm³/mol. The minimum Gasteiger partial charge on any atom is -0.317 e. The minimum absolute atomic E-state index is 0.740. The van der Waals surface area contributed by atoms with Crippen molar-refractivity contribution in [1.82, 2.24) is 10.3 Å². The molecule has 14 heavy (non-hydrogen) atoms. The van der Waals surface area contributed by atoms with E-state index in [-0.39, 0.29) is 0 Å². The van der Waals surface area contributed by atoms with Crippen LogP contribution in [0.25, 0.3) is 0 Å². The van der Waals surface area contributed by atoms with Gasteiger partial charge in [0.15, 0.2) is 0 Å². The monoisotopic (exact) mass is 190 g/mol. The number of hydrogen-bond acceptors (Lipinski definition) is 2. The molecule has 0 radical (unpaired) electrons. The van der Waals surface area contributed by atoms with Crippen molar-refractivity contribution in [3.05, 3.63) is 30.1 Å². The molecule has 1 aliphatic carbocycles. The van der Waals surface area contributed by atoms with Crippen LogP contribution < -0.4 is 5.32 Å². The lowest BCUT2D eigenvalue weighted by Crippen LogP contribution is -2.21. The minimum atomic E-state index is 0.740. The standard InChI is InChI=1S/C12H18N2/c1-13-11-6-5-10(8-11)9-12-4-2-3-7-14-12/h2-4,7,10-11,13H,5-6,8-9H2,1H3. The normalized spacial score (nSPS) is 26.6. The van der Waals surface area contributed by atoms with Gasteiger partial charge in [0.1, 0.15) is 0 Å². The lowest BCUT2D eigenvalue weighted by molar-refractivity contribution is 0.505. The van der Waals surface area contributed by atoms with E-state index in [4.69, 9.17) is 0 Å². The fraction of sp³-hybridized carbons (Fsp3) is 0.583. The Morgan fingerprint density at radius 2 is 2.36 bits per heavy atom. The van der Waals surface area contributed by atoms with Crippen LogP contribution in [0.15, 0.2) is 24.4 Å². The van der Waals surface area contributed by atoms with Crippen LogP contribution in [-0.4, -0.2) is 18.1 Å². The highest BCUT2D eigenvalue weighted by molar-refractivity contribution is 5.05. The van der Waals surface area contributed by atoms with Gasteiger partial charge in [0.2, 0.25) is 0 Å². The lowest BCUT2D eigenvalue weighted by atomic mass is 10.0. The van der Waals surface area contributed by atoms with E-state index in [1.807, 2.05) is 12.3 Å². The Morgan fingerprint density at radius 1 is 1.43 bits per heavy atom. The number of aromatic nitrogens is 1. The van der Waals surface area contributed by atoms with E-state index < -0.39 is 0 Å². The van der Waals surface area contributed by atoms with Gasteiger partial charge >= 0.3 is 0 Å². The molecule has 0 bridgehead atoms. The van der Waals surface area contributed by atoms with Crippen LogP contribution in [0.5, 0.6) is 0 Å². The Bertz CT molecular complexity index is 271. The average Bonchev–Trinajstić information content (AvgIpc) is 2.67. The number of pyridine rings is 1. The third kappa shape index (κ3) is 2.32. The number of rotatable bonds is 3.